The van der Waals surface area contributed by atoms with Crippen LogP contribution in [-0.4, -0.2) is 12.2 Å². The van der Waals surface area contributed by atoms with Gasteiger partial charge in [0, 0.05) is 0 Å². The van der Waals surface area contributed by atoms with Gasteiger partial charge in [0.05, 0.1) is 0 Å². The molecule has 46 valence electrons. The molecule has 3 nitrogen and oxygen atoms in total. The number of dihydropyridines is 1. The number of isocyanates is 1. The molecular formula is C6H6N2O. The smallest absolute Gasteiger partial charge is 0.237 e. The molecule has 0 amide bonds. The van der Waals surface area contributed by atoms with Crippen molar-refractivity contribution in [2.45, 2.75) is 6.17 Å². The number of hydrogen-bond donors (Lipinski definition) is 1. The van der Waals surface area contributed by atoms with E-state index in [1.54, 1.807) is 12.3 Å². The van der Waals surface area contributed by atoms with E-state index in [4.69, 9.17) is 0 Å². The summed E-state index contributed by atoms with van der Waals surface area (Å²) < 4.78 is 0. The Bertz CT molecular complexity index is 189. The first-order valence-electron chi connectivity index (χ1n) is 2.60. The Labute approximate surface area is 52.8 Å². The van der Waals surface area contributed by atoms with Crippen LogP contribution < -0.4 is 5.32 Å². The molecule has 0 saturated carbocycles. The maximum Gasteiger partial charge on any atom is 0.237 e. The van der Waals surface area contributed by atoms with Crippen molar-refractivity contribution in [3.05, 3.63) is 24.4 Å². The molecule has 9 heavy (non-hydrogen) atoms. The van der Waals surface area contributed by atoms with Gasteiger partial charge in [-0.25, -0.2) is 4.79 Å². The third kappa shape index (κ3) is 1.55. The summed E-state index contributed by atoms with van der Waals surface area (Å²) in [4.78, 5) is 13.1. The highest BCUT2D eigenvalue weighted by molar-refractivity contribution is 5.34. The predicted octanol–water partition coefficient (Wildman–Crippen LogP) is 0.321. The van der Waals surface area contributed by atoms with E-state index in [2.05, 4.69) is 10.3 Å². The van der Waals surface area contributed by atoms with Gasteiger partial charge in [0.1, 0.15) is 6.17 Å². The van der Waals surface area contributed by atoms with Crippen molar-refractivity contribution >= 4 is 6.08 Å². The topological polar surface area (TPSA) is 41.5 Å². The summed E-state index contributed by atoms with van der Waals surface area (Å²) >= 11 is 0. The molecule has 1 rings (SSSR count). The van der Waals surface area contributed by atoms with Crippen LogP contribution in [0.3, 0.4) is 0 Å². The summed E-state index contributed by atoms with van der Waals surface area (Å²) in [5.41, 5.74) is 0. The van der Waals surface area contributed by atoms with E-state index in [1.165, 1.54) is 6.08 Å². The molecule has 0 aromatic rings. The lowest BCUT2D eigenvalue weighted by Crippen LogP contribution is -2.20. The minimum absolute atomic E-state index is 0.215. The monoisotopic (exact) mass is 122 g/mol. The number of hydrogen-bond acceptors (Lipinski definition) is 3. The highest BCUT2D eigenvalue weighted by Crippen LogP contribution is 1.93. The van der Waals surface area contributed by atoms with Gasteiger partial charge in [-0.3, -0.25) is 0 Å². The number of rotatable bonds is 1. The van der Waals surface area contributed by atoms with E-state index in [1.807, 2.05) is 12.2 Å². The zero-order valence-electron chi connectivity index (χ0n) is 4.74. The lowest BCUT2D eigenvalue weighted by Gasteiger charge is -2.06. The van der Waals surface area contributed by atoms with E-state index >= 15 is 0 Å². The van der Waals surface area contributed by atoms with Gasteiger partial charge in [-0.05, 0) is 18.4 Å². The third-order valence-electron chi connectivity index (χ3n) is 0.960. The van der Waals surface area contributed by atoms with Crippen LogP contribution in [0.4, 0.5) is 0 Å². The van der Waals surface area contributed by atoms with E-state index in [0.717, 1.165) is 0 Å². The Morgan fingerprint density at radius 2 is 2.44 bits per heavy atom. The van der Waals surface area contributed by atoms with Crippen molar-refractivity contribution in [3.8, 4) is 0 Å². The maximum absolute atomic E-state index is 9.68. The predicted molar refractivity (Wildman–Crippen MR) is 33.3 cm³/mol. The van der Waals surface area contributed by atoms with Crippen LogP contribution in [0, 0.1) is 0 Å². The van der Waals surface area contributed by atoms with Crippen LogP contribution in [0.1, 0.15) is 0 Å². The molecule has 1 N–H and O–H groups in total. The average molecular weight is 122 g/mol. The Kier molecular flexibility index (Phi) is 1.83. The molecule has 0 aromatic carbocycles. The Morgan fingerprint density at radius 3 is 3.00 bits per heavy atom. The van der Waals surface area contributed by atoms with Crippen molar-refractivity contribution in [1.82, 2.24) is 5.32 Å². The van der Waals surface area contributed by atoms with Crippen LogP contribution in [0.5, 0.6) is 0 Å². The van der Waals surface area contributed by atoms with Gasteiger partial charge in [-0.15, -0.1) is 0 Å². The van der Waals surface area contributed by atoms with E-state index in [0.29, 0.717) is 0 Å². The molecule has 0 radical (unpaired) electrons. The van der Waals surface area contributed by atoms with Crippen LogP contribution in [0.2, 0.25) is 0 Å². The van der Waals surface area contributed by atoms with Crippen LogP contribution in [0.25, 0.3) is 0 Å². The molecule has 0 aliphatic carbocycles. The molecule has 0 saturated heterocycles. The molecule has 0 fully saturated rings. The summed E-state index contributed by atoms with van der Waals surface area (Å²) in [6.07, 6.45) is 8.40. The fraction of sp³-hybridized carbons (Fsp3) is 0.167. The average Bonchev–Trinajstić information content (AvgIpc) is 1.91. The first-order valence-corrected chi connectivity index (χ1v) is 2.60. The highest BCUT2D eigenvalue weighted by atomic mass is 16.1. The molecule has 1 unspecified atom stereocenters. The molecule has 1 atom stereocenters. The second-order valence-corrected chi connectivity index (χ2v) is 1.58. The molecule has 0 spiro atoms. The first-order chi connectivity index (χ1) is 4.43. The van der Waals surface area contributed by atoms with Crippen molar-refractivity contribution < 1.29 is 4.79 Å². The van der Waals surface area contributed by atoms with Crippen molar-refractivity contribution in [2.24, 2.45) is 4.99 Å². The van der Waals surface area contributed by atoms with Gasteiger partial charge in [-0.1, -0.05) is 6.08 Å². The Morgan fingerprint density at radius 1 is 1.56 bits per heavy atom. The molecular weight excluding hydrogens is 116 g/mol. The largest absolute Gasteiger partial charge is 0.366 e. The van der Waals surface area contributed by atoms with E-state index < -0.39 is 0 Å². The van der Waals surface area contributed by atoms with Crippen molar-refractivity contribution in [2.75, 3.05) is 0 Å². The Balaban J connectivity index is 2.55. The normalized spacial score (nSPS) is 22.4. The first kappa shape index (κ1) is 5.79. The highest BCUT2D eigenvalue weighted by Gasteiger charge is 1.97. The number of nitrogens with zero attached hydrogens (tertiary/aromatic N) is 1. The summed E-state index contributed by atoms with van der Waals surface area (Å²) in [5.74, 6) is 0. The maximum atomic E-state index is 9.68. The van der Waals surface area contributed by atoms with Gasteiger partial charge in [0.25, 0.3) is 0 Å². The third-order valence-corrected chi connectivity index (χ3v) is 0.960. The minimum Gasteiger partial charge on any atom is -0.366 e. The van der Waals surface area contributed by atoms with Gasteiger partial charge >= 0.3 is 0 Å². The van der Waals surface area contributed by atoms with Crippen LogP contribution >= 0.6 is 0 Å². The SMILES string of the molecule is O=C=NC1C=CC=CN1. The second kappa shape index (κ2) is 2.84. The van der Waals surface area contributed by atoms with Gasteiger partial charge in [-0.2, -0.15) is 4.99 Å². The minimum atomic E-state index is -0.215. The molecule has 1 heterocycles. The van der Waals surface area contributed by atoms with Crippen molar-refractivity contribution in [3.63, 3.8) is 0 Å². The van der Waals surface area contributed by atoms with E-state index in [9.17, 15) is 4.79 Å². The molecule has 1 aliphatic rings. The summed E-state index contributed by atoms with van der Waals surface area (Å²) in [7, 11) is 0. The van der Waals surface area contributed by atoms with Gasteiger partial charge in [0.2, 0.25) is 6.08 Å². The van der Waals surface area contributed by atoms with E-state index in [-0.39, 0.29) is 6.17 Å². The summed E-state index contributed by atoms with van der Waals surface area (Å²) in [5, 5.41) is 2.82. The molecule has 3 heteroatoms. The van der Waals surface area contributed by atoms with Gasteiger partial charge in [0.15, 0.2) is 0 Å². The number of aliphatic imine (C=N–C) groups is 1. The number of carbonyl (C=O) groups excluding carboxylic acids is 1. The fourth-order valence-electron chi connectivity index (χ4n) is 0.572. The van der Waals surface area contributed by atoms with Crippen LogP contribution in [0.15, 0.2) is 29.4 Å². The Hall–Kier alpha value is -1.34. The zero-order valence-corrected chi connectivity index (χ0v) is 4.74. The molecule has 0 bridgehead atoms. The van der Waals surface area contributed by atoms with Crippen molar-refractivity contribution in [1.29, 1.82) is 0 Å². The lowest BCUT2D eigenvalue weighted by molar-refractivity contribution is 0.558. The molecule has 1 aliphatic heterocycles. The van der Waals surface area contributed by atoms with Crippen LogP contribution in [-0.2, 0) is 4.79 Å². The fourth-order valence-corrected chi connectivity index (χ4v) is 0.572. The number of nitrogens with one attached hydrogen (secondary N) is 1. The number of allylic oxidation sites excluding steroid dienone is 2. The quantitative estimate of drug-likeness (QED) is 0.402. The van der Waals surface area contributed by atoms with Gasteiger partial charge < -0.3 is 5.32 Å². The summed E-state index contributed by atoms with van der Waals surface area (Å²) in [6, 6.07) is 0. The lowest BCUT2D eigenvalue weighted by atomic mass is 10.3. The second-order valence-electron chi connectivity index (χ2n) is 1.58. The summed E-state index contributed by atoms with van der Waals surface area (Å²) in [6.45, 7) is 0. The zero-order chi connectivity index (χ0) is 6.53. The molecule has 0 aromatic heterocycles. The standard InChI is InChI=1S/C6H6N2O/c9-5-8-6-3-1-2-4-7-6/h1-4,6-7H.